The summed E-state index contributed by atoms with van der Waals surface area (Å²) in [4.78, 5) is 45.6. The maximum atomic E-state index is 13.8. The fourth-order valence-corrected chi connectivity index (χ4v) is 8.23. The predicted octanol–water partition coefficient (Wildman–Crippen LogP) is 10.0. The van der Waals surface area contributed by atoms with E-state index in [1.54, 1.807) is 0 Å². The third-order valence-electron chi connectivity index (χ3n) is 9.05. The molecule has 1 saturated heterocycles. The van der Waals surface area contributed by atoms with Gasteiger partial charge in [-0.2, -0.15) is 0 Å². The summed E-state index contributed by atoms with van der Waals surface area (Å²) < 4.78 is 32.9. The van der Waals surface area contributed by atoms with Crippen LogP contribution in [0.3, 0.4) is 0 Å². The fourth-order valence-electron chi connectivity index (χ4n) is 6.09. The van der Waals surface area contributed by atoms with Gasteiger partial charge in [0.2, 0.25) is 9.84 Å². The first kappa shape index (κ1) is 41.4. The zero-order chi connectivity index (χ0) is 33.2. The van der Waals surface area contributed by atoms with E-state index in [1.165, 1.54) is 64.2 Å². The van der Waals surface area contributed by atoms with Gasteiger partial charge in [0.25, 0.3) is 0 Å². The standard InChI is InChI=1S/C36H66O8S/c1-4-7-10-13-16-19-21-24-27-30-33(37)43-44-35(39)36(31-28-25-22-18-15-12-9-6-3)42-34(38)32(45(36,40)41)29-26-23-20-17-14-11-8-5-2/h32H,4-31H2,1-3H3. The molecule has 0 aromatic rings. The molecule has 8 nitrogen and oxygen atoms in total. The number of rotatable bonds is 29. The number of carbonyl (C=O) groups is 3. The topological polar surface area (TPSA) is 113 Å². The molecule has 1 heterocycles. The summed E-state index contributed by atoms with van der Waals surface area (Å²) in [6.07, 6.45) is 25.6. The maximum absolute atomic E-state index is 13.8. The zero-order valence-corrected chi connectivity index (χ0v) is 29.9. The summed E-state index contributed by atoms with van der Waals surface area (Å²) in [5.74, 6) is -2.96. The highest BCUT2D eigenvalue weighted by Crippen LogP contribution is 2.40. The molecule has 2 atom stereocenters. The highest BCUT2D eigenvalue weighted by molar-refractivity contribution is 7.95. The van der Waals surface area contributed by atoms with E-state index in [2.05, 4.69) is 20.8 Å². The quantitative estimate of drug-likeness (QED) is 0.0338. The first-order valence-electron chi connectivity index (χ1n) is 18.6. The summed E-state index contributed by atoms with van der Waals surface area (Å²) in [5.41, 5.74) is 0. The SMILES string of the molecule is CCCCCCCCCCCC(=O)OOC(=O)C1(CCCCCCCCCC)OC(=O)C(CCCCCCCCCC)S1(=O)=O. The lowest BCUT2D eigenvalue weighted by Gasteiger charge is -2.23. The van der Waals surface area contributed by atoms with E-state index in [0.717, 1.165) is 70.6 Å². The molecule has 0 radical (unpaired) electrons. The minimum Gasteiger partial charge on any atom is -0.429 e. The van der Waals surface area contributed by atoms with Crippen LogP contribution in [0, 0.1) is 0 Å². The van der Waals surface area contributed by atoms with Gasteiger partial charge in [0.1, 0.15) is 0 Å². The Labute approximate surface area is 275 Å². The Kier molecular flexibility index (Phi) is 23.4. The second-order valence-corrected chi connectivity index (χ2v) is 15.4. The van der Waals surface area contributed by atoms with Crippen LogP contribution in [0.1, 0.15) is 201 Å². The van der Waals surface area contributed by atoms with E-state index in [1.807, 2.05) is 0 Å². The molecule has 0 amide bonds. The average Bonchev–Trinajstić information content (AvgIpc) is 3.21. The van der Waals surface area contributed by atoms with Crippen molar-refractivity contribution >= 4 is 27.7 Å². The lowest BCUT2D eigenvalue weighted by atomic mass is 10.1. The maximum Gasteiger partial charge on any atom is 0.414 e. The van der Waals surface area contributed by atoms with Gasteiger partial charge in [0, 0.05) is 6.42 Å². The molecule has 45 heavy (non-hydrogen) atoms. The van der Waals surface area contributed by atoms with Crippen molar-refractivity contribution in [1.29, 1.82) is 0 Å². The summed E-state index contributed by atoms with van der Waals surface area (Å²) in [6, 6.07) is 0. The normalized spacial score (nSPS) is 19.0. The predicted molar refractivity (Wildman–Crippen MR) is 180 cm³/mol. The highest BCUT2D eigenvalue weighted by atomic mass is 32.2. The molecule has 1 rings (SSSR count). The number of ether oxygens (including phenoxy) is 1. The van der Waals surface area contributed by atoms with Crippen molar-refractivity contribution < 1.29 is 37.3 Å². The lowest BCUT2D eigenvalue weighted by Crippen LogP contribution is -2.47. The van der Waals surface area contributed by atoms with Gasteiger partial charge in [-0.15, -0.1) is 0 Å². The molecule has 9 heteroatoms. The number of sulfone groups is 1. The minimum atomic E-state index is -4.37. The Morgan fingerprint density at radius 3 is 1.47 bits per heavy atom. The summed E-state index contributed by atoms with van der Waals surface area (Å²) in [6.45, 7) is 6.54. The van der Waals surface area contributed by atoms with Crippen LogP contribution in [0.4, 0.5) is 0 Å². The van der Waals surface area contributed by atoms with Crippen molar-refractivity contribution in [3.8, 4) is 0 Å². The van der Waals surface area contributed by atoms with Crippen LogP contribution in [-0.2, 0) is 38.7 Å². The van der Waals surface area contributed by atoms with Crippen molar-refractivity contribution in [3.63, 3.8) is 0 Å². The Bertz CT molecular complexity index is 903. The Balaban J connectivity index is 2.67. The van der Waals surface area contributed by atoms with E-state index in [9.17, 15) is 22.8 Å². The smallest absolute Gasteiger partial charge is 0.414 e. The van der Waals surface area contributed by atoms with E-state index < -0.39 is 37.9 Å². The van der Waals surface area contributed by atoms with E-state index in [-0.39, 0.29) is 19.3 Å². The molecular weight excluding hydrogens is 592 g/mol. The Hall–Kier alpha value is -1.64. The van der Waals surface area contributed by atoms with Crippen LogP contribution in [0.2, 0.25) is 0 Å². The van der Waals surface area contributed by atoms with Crippen molar-refractivity contribution in [2.75, 3.05) is 0 Å². The molecule has 2 unspecified atom stereocenters. The lowest BCUT2D eigenvalue weighted by molar-refractivity contribution is -0.267. The molecule has 0 bridgehead atoms. The Morgan fingerprint density at radius 2 is 1.00 bits per heavy atom. The third kappa shape index (κ3) is 16.2. The number of unbranched alkanes of at least 4 members (excludes halogenated alkanes) is 22. The molecule has 0 aromatic carbocycles. The number of hydrogen-bond acceptors (Lipinski definition) is 8. The van der Waals surface area contributed by atoms with Crippen molar-refractivity contribution in [2.45, 2.75) is 211 Å². The largest absolute Gasteiger partial charge is 0.429 e. The van der Waals surface area contributed by atoms with Crippen LogP contribution in [-0.4, -0.2) is 36.5 Å². The molecule has 0 aliphatic carbocycles. The molecule has 1 aliphatic heterocycles. The van der Waals surface area contributed by atoms with Gasteiger partial charge < -0.3 is 4.74 Å². The van der Waals surface area contributed by atoms with Crippen molar-refractivity contribution in [3.05, 3.63) is 0 Å². The first-order valence-corrected chi connectivity index (χ1v) is 20.2. The molecule has 1 aliphatic rings. The fraction of sp³-hybridized carbons (Fsp3) is 0.917. The van der Waals surface area contributed by atoms with E-state index in [0.29, 0.717) is 25.7 Å². The zero-order valence-electron chi connectivity index (χ0n) is 29.1. The van der Waals surface area contributed by atoms with E-state index >= 15 is 0 Å². The second kappa shape index (κ2) is 25.4. The molecule has 0 saturated carbocycles. The number of esters is 1. The van der Waals surface area contributed by atoms with Gasteiger partial charge >= 0.3 is 22.8 Å². The van der Waals surface area contributed by atoms with Crippen LogP contribution in [0.15, 0.2) is 0 Å². The van der Waals surface area contributed by atoms with Crippen LogP contribution >= 0.6 is 0 Å². The average molecular weight is 659 g/mol. The third-order valence-corrected chi connectivity index (χ3v) is 11.6. The van der Waals surface area contributed by atoms with Gasteiger partial charge in [-0.05, 0) is 19.3 Å². The second-order valence-electron chi connectivity index (χ2n) is 13.1. The summed E-state index contributed by atoms with van der Waals surface area (Å²) >= 11 is 0. The van der Waals surface area contributed by atoms with Crippen molar-refractivity contribution in [1.82, 2.24) is 0 Å². The molecule has 0 spiro atoms. The first-order chi connectivity index (χ1) is 21.8. The molecule has 0 aromatic heterocycles. The monoisotopic (exact) mass is 658 g/mol. The summed E-state index contributed by atoms with van der Waals surface area (Å²) in [5, 5.41) is -1.41. The van der Waals surface area contributed by atoms with Crippen LogP contribution < -0.4 is 0 Å². The van der Waals surface area contributed by atoms with Crippen LogP contribution in [0.5, 0.6) is 0 Å². The number of carbonyl (C=O) groups excluding carboxylic acids is 3. The summed E-state index contributed by atoms with van der Waals surface area (Å²) in [7, 11) is -4.37. The van der Waals surface area contributed by atoms with E-state index in [4.69, 9.17) is 14.5 Å². The molecular formula is C36H66O8S. The van der Waals surface area contributed by atoms with Gasteiger partial charge in [-0.3, -0.25) is 4.79 Å². The van der Waals surface area contributed by atoms with Gasteiger partial charge in [-0.25, -0.2) is 27.8 Å². The van der Waals surface area contributed by atoms with Gasteiger partial charge in [0.15, 0.2) is 5.25 Å². The molecule has 0 N–H and O–H groups in total. The Morgan fingerprint density at radius 1 is 0.600 bits per heavy atom. The molecule has 264 valence electrons. The van der Waals surface area contributed by atoms with Gasteiger partial charge in [-0.1, -0.05) is 168 Å². The van der Waals surface area contributed by atoms with Crippen LogP contribution in [0.25, 0.3) is 0 Å². The minimum absolute atomic E-state index is 0.0712. The van der Waals surface area contributed by atoms with Gasteiger partial charge in [0.05, 0.1) is 6.42 Å². The number of hydrogen-bond donors (Lipinski definition) is 0. The number of cyclic esters (lactones) is 1. The molecule has 1 fully saturated rings. The highest BCUT2D eigenvalue weighted by Gasteiger charge is 2.66. The van der Waals surface area contributed by atoms with Crippen molar-refractivity contribution in [2.24, 2.45) is 0 Å².